The van der Waals surface area contributed by atoms with Crippen molar-refractivity contribution in [2.45, 2.75) is 19.8 Å². The van der Waals surface area contributed by atoms with Gasteiger partial charge in [0.25, 0.3) is 5.88 Å². The van der Waals surface area contributed by atoms with Crippen LogP contribution < -0.4 is 4.74 Å². The largest absolute Gasteiger partial charge is 0.436 e. The first-order chi connectivity index (χ1) is 8.97. The zero-order valence-corrected chi connectivity index (χ0v) is 12.8. The van der Waals surface area contributed by atoms with Crippen LogP contribution in [0.2, 0.25) is 5.02 Å². The van der Waals surface area contributed by atoms with Crippen LogP contribution in [-0.4, -0.2) is 4.98 Å². The van der Waals surface area contributed by atoms with Crippen molar-refractivity contribution in [2.75, 3.05) is 0 Å². The molecular formula is C14H12BrClFNO. The minimum atomic E-state index is -0.579. The van der Waals surface area contributed by atoms with Crippen LogP contribution in [0, 0.1) is 5.82 Å². The molecule has 0 saturated heterocycles. The molecule has 1 aromatic heterocycles. The van der Waals surface area contributed by atoms with E-state index in [1.54, 1.807) is 6.07 Å². The van der Waals surface area contributed by atoms with Crippen LogP contribution in [0.4, 0.5) is 4.39 Å². The number of hydrogen-bond donors (Lipinski definition) is 0. The van der Waals surface area contributed by atoms with Gasteiger partial charge in [-0.25, -0.2) is 9.37 Å². The second-order valence-corrected chi connectivity index (χ2v) is 5.73. The molecule has 2 nitrogen and oxygen atoms in total. The minimum Gasteiger partial charge on any atom is -0.436 e. The maximum Gasteiger partial charge on any atom is 0.255 e. The van der Waals surface area contributed by atoms with E-state index in [1.165, 1.54) is 12.3 Å². The summed E-state index contributed by atoms with van der Waals surface area (Å²) in [5, 5.41) is 0.240. The van der Waals surface area contributed by atoms with Crippen molar-refractivity contribution >= 4 is 27.5 Å². The smallest absolute Gasteiger partial charge is 0.255 e. The Morgan fingerprint density at radius 1 is 1.32 bits per heavy atom. The molecule has 0 aliphatic carbocycles. The Labute approximate surface area is 124 Å². The molecule has 0 radical (unpaired) electrons. The third-order valence-corrected chi connectivity index (χ3v) is 3.27. The van der Waals surface area contributed by atoms with Crippen molar-refractivity contribution in [3.8, 4) is 11.6 Å². The number of hydrogen-bond acceptors (Lipinski definition) is 2. The van der Waals surface area contributed by atoms with Gasteiger partial charge in [-0.3, -0.25) is 0 Å². The quantitative estimate of drug-likeness (QED) is 0.728. The summed E-state index contributed by atoms with van der Waals surface area (Å²) in [7, 11) is 0. The molecule has 0 amide bonds. The Hall–Kier alpha value is -1.13. The van der Waals surface area contributed by atoms with Crippen molar-refractivity contribution in [1.29, 1.82) is 0 Å². The molecule has 5 heteroatoms. The molecule has 100 valence electrons. The highest BCUT2D eigenvalue weighted by Crippen LogP contribution is 2.33. The van der Waals surface area contributed by atoms with Gasteiger partial charge in [-0.2, -0.15) is 0 Å². The second kappa shape index (κ2) is 5.88. The van der Waals surface area contributed by atoms with E-state index in [-0.39, 0.29) is 16.8 Å². The van der Waals surface area contributed by atoms with Crippen LogP contribution >= 0.6 is 27.5 Å². The Morgan fingerprint density at radius 3 is 2.68 bits per heavy atom. The van der Waals surface area contributed by atoms with Crippen LogP contribution in [0.1, 0.15) is 25.3 Å². The van der Waals surface area contributed by atoms with Crippen molar-refractivity contribution in [3.63, 3.8) is 0 Å². The second-order valence-electron chi connectivity index (χ2n) is 4.38. The van der Waals surface area contributed by atoms with Crippen molar-refractivity contribution in [2.24, 2.45) is 0 Å². The first-order valence-electron chi connectivity index (χ1n) is 5.75. The van der Waals surface area contributed by atoms with Crippen molar-refractivity contribution in [1.82, 2.24) is 4.98 Å². The molecular weight excluding hydrogens is 333 g/mol. The SMILES string of the molecule is CC(C)c1cc(Br)ccc1Oc1ncc(Cl)cc1F. The van der Waals surface area contributed by atoms with Gasteiger partial charge < -0.3 is 4.74 Å². The van der Waals surface area contributed by atoms with Crippen LogP contribution in [-0.2, 0) is 0 Å². The molecule has 0 aliphatic rings. The predicted octanol–water partition coefficient (Wildman–Crippen LogP) is 5.55. The number of pyridine rings is 1. The van der Waals surface area contributed by atoms with Gasteiger partial charge in [0.1, 0.15) is 5.75 Å². The molecule has 2 rings (SSSR count). The van der Waals surface area contributed by atoms with Gasteiger partial charge in [0.15, 0.2) is 5.82 Å². The molecule has 0 spiro atoms. The first kappa shape index (κ1) is 14.3. The average Bonchev–Trinajstić information content (AvgIpc) is 2.34. The number of benzene rings is 1. The van der Waals surface area contributed by atoms with Gasteiger partial charge in [0.2, 0.25) is 0 Å². The molecule has 1 heterocycles. The number of halogens is 3. The van der Waals surface area contributed by atoms with Crippen molar-refractivity contribution < 1.29 is 9.13 Å². The fourth-order valence-corrected chi connectivity index (χ4v) is 2.17. The van der Waals surface area contributed by atoms with Crippen molar-refractivity contribution in [3.05, 3.63) is 51.3 Å². The minimum absolute atomic E-state index is 0.0753. The highest BCUT2D eigenvalue weighted by atomic mass is 79.9. The summed E-state index contributed by atoms with van der Waals surface area (Å²) in [4.78, 5) is 3.86. The third kappa shape index (κ3) is 3.45. The Bertz CT molecular complexity index is 604. The van der Waals surface area contributed by atoms with E-state index in [0.717, 1.165) is 10.0 Å². The van der Waals surface area contributed by atoms with Gasteiger partial charge in [-0.15, -0.1) is 0 Å². The fourth-order valence-electron chi connectivity index (χ4n) is 1.64. The Kier molecular flexibility index (Phi) is 4.42. The molecule has 2 aromatic rings. The summed E-state index contributed by atoms with van der Waals surface area (Å²) >= 11 is 9.07. The molecule has 0 unspecified atom stereocenters. The van der Waals surface area contributed by atoms with E-state index in [2.05, 4.69) is 20.9 Å². The summed E-state index contributed by atoms with van der Waals surface area (Å²) < 4.78 is 20.2. The maximum absolute atomic E-state index is 13.7. The lowest BCUT2D eigenvalue weighted by atomic mass is 10.0. The summed E-state index contributed by atoms with van der Waals surface area (Å²) in [5.74, 6) is 0.188. The van der Waals surface area contributed by atoms with Crippen LogP contribution in [0.5, 0.6) is 11.6 Å². The van der Waals surface area contributed by atoms with Gasteiger partial charge in [-0.1, -0.05) is 41.4 Å². The summed E-state index contributed by atoms with van der Waals surface area (Å²) in [5.41, 5.74) is 0.977. The first-order valence-corrected chi connectivity index (χ1v) is 6.93. The lowest BCUT2D eigenvalue weighted by Crippen LogP contribution is -1.97. The zero-order valence-electron chi connectivity index (χ0n) is 10.5. The number of rotatable bonds is 3. The van der Waals surface area contributed by atoms with Gasteiger partial charge >= 0.3 is 0 Å². The molecule has 0 fully saturated rings. The summed E-state index contributed by atoms with van der Waals surface area (Å²) in [6.45, 7) is 4.08. The van der Waals surface area contributed by atoms with E-state index in [9.17, 15) is 4.39 Å². The normalized spacial score (nSPS) is 10.8. The number of ether oxygens (including phenoxy) is 1. The lowest BCUT2D eigenvalue weighted by molar-refractivity contribution is 0.417. The van der Waals surface area contributed by atoms with Crippen LogP contribution in [0.15, 0.2) is 34.9 Å². The number of aromatic nitrogens is 1. The zero-order chi connectivity index (χ0) is 14.0. The summed E-state index contributed by atoms with van der Waals surface area (Å²) in [6, 6.07) is 6.76. The standard InChI is InChI=1S/C14H12BrClFNO/c1-8(2)11-5-9(15)3-4-13(11)19-14-12(17)6-10(16)7-18-14/h3-8H,1-2H3. The molecule has 0 aliphatic heterocycles. The van der Waals surface area contributed by atoms with Gasteiger partial charge in [0, 0.05) is 10.7 Å². The van der Waals surface area contributed by atoms with E-state index in [0.29, 0.717) is 5.75 Å². The van der Waals surface area contributed by atoms with Gasteiger partial charge in [-0.05, 0) is 35.7 Å². The molecule has 0 atom stereocenters. The third-order valence-electron chi connectivity index (χ3n) is 2.57. The predicted molar refractivity (Wildman–Crippen MR) is 77.5 cm³/mol. The van der Waals surface area contributed by atoms with E-state index in [4.69, 9.17) is 16.3 Å². The topological polar surface area (TPSA) is 22.1 Å². The lowest BCUT2D eigenvalue weighted by Gasteiger charge is -2.14. The average molecular weight is 345 g/mol. The van der Waals surface area contributed by atoms with Crippen LogP contribution in [0.3, 0.4) is 0 Å². The highest BCUT2D eigenvalue weighted by molar-refractivity contribution is 9.10. The van der Waals surface area contributed by atoms with E-state index < -0.39 is 5.82 Å². The highest BCUT2D eigenvalue weighted by Gasteiger charge is 2.13. The van der Waals surface area contributed by atoms with Gasteiger partial charge in [0.05, 0.1) is 5.02 Å². The maximum atomic E-state index is 13.7. The molecule has 0 N–H and O–H groups in total. The van der Waals surface area contributed by atoms with Crippen LogP contribution in [0.25, 0.3) is 0 Å². The fraction of sp³-hybridized carbons (Fsp3) is 0.214. The molecule has 1 aromatic carbocycles. The summed E-state index contributed by atoms with van der Waals surface area (Å²) in [6.07, 6.45) is 1.36. The molecule has 0 saturated carbocycles. The molecule has 0 bridgehead atoms. The Morgan fingerprint density at radius 2 is 2.05 bits per heavy atom. The number of nitrogens with zero attached hydrogens (tertiary/aromatic N) is 1. The molecule has 19 heavy (non-hydrogen) atoms. The Balaban J connectivity index is 2.38. The monoisotopic (exact) mass is 343 g/mol. The van der Waals surface area contributed by atoms with E-state index in [1.807, 2.05) is 26.0 Å². The van der Waals surface area contributed by atoms with E-state index >= 15 is 0 Å².